The van der Waals surface area contributed by atoms with Crippen LogP contribution >= 0.6 is 0 Å². The lowest BCUT2D eigenvalue weighted by atomic mass is 10.4. The number of hydrogen-bond acceptors (Lipinski definition) is 0. The minimum Gasteiger partial charge on any atom is -0.347 e. The van der Waals surface area contributed by atoms with Crippen LogP contribution in [0.25, 0.3) is 16.6 Å². The van der Waals surface area contributed by atoms with E-state index in [-0.39, 0.29) is 0 Å². The van der Waals surface area contributed by atoms with Crippen LogP contribution in [0.15, 0.2) is 36.5 Å². The molecule has 0 aliphatic heterocycles. The maximum Gasteiger partial charge on any atom is 0.0711 e. The molecule has 3 rings (SSSR count). The van der Waals surface area contributed by atoms with Crippen molar-refractivity contribution in [1.82, 2.24) is 8.97 Å². The Kier molecular flexibility index (Phi) is 1.32. The van der Waals surface area contributed by atoms with Crippen LogP contribution in [0.5, 0.6) is 0 Å². The van der Waals surface area contributed by atoms with E-state index in [1.165, 1.54) is 22.2 Å². The van der Waals surface area contributed by atoms with E-state index in [4.69, 9.17) is 0 Å². The smallest absolute Gasteiger partial charge is 0.0711 e. The molecule has 0 saturated carbocycles. The number of rotatable bonds is 0. The Balaban J connectivity index is 2.60. The lowest BCUT2D eigenvalue weighted by molar-refractivity contribution is 0.919. The Bertz CT molecular complexity index is 614. The van der Waals surface area contributed by atoms with E-state index in [0.29, 0.717) is 0 Å². The minimum atomic E-state index is 1.26. The zero-order chi connectivity index (χ0) is 9.71. The fourth-order valence-electron chi connectivity index (χ4n) is 2.03. The number of aromatic nitrogens is 2. The summed E-state index contributed by atoms with van der Waals surface area (Å²) < 4.78 is 4.45. The number of hydrogen-bond donors (Lipinski definition) is 0. The molecule has 0 N–H and O–H groups in total. The van der Waals surface area contributed by atoms with Crippen LogP contribution in [0.4, 0.5) is 0 Å². The van der Waals surface area contributed by atoms with E-state index in [0.717, 1.165) is 0 Å². The van der Waals surface area contributed by atoms with Crippen molar-refractivity contribution >= 4 is 16.6 Å². The second kappa shape index (κ2) is 2.41. The number of aryl methyl sites for hydroxylation is 2. The van der Waals surface area contributed by atoms with E-state index in [2.05, 4.69) is 59.5 Å². The predicted octanol–water partition coefficient (Wildman–Crippen LogP) is 2.74. The van der Waals surface area contributed by atoms with E-state index in [9.17, 15) is 0 Å². The maximum atomic E-state index is 2.22. The Labute approximate surface area is 82.4 Å². The third-order valence-corrected chi connectivity index (χ3v) is 2.93. The Hall–Kier alpha value is -1.70. The SMILES string of the molecule is Cc1cc2c(cc3ccccn32)n1C. The fraction of sp³-hybridized carbons (Fsp3) is 0.167. The van der Waals surface area contributed by atoms with Gasteiger partial charge in [0, 0.05) is 24.5 Å². The zero-order valence-corrected chi connectivity index (χ0v) is 8.36. The summed E-state index contributed by atoms with van der Waals surface area (Å²) in [7, 11) is 2.11. The van der Waals surface area contributed by atoms with Gasteiger partial charge in [-0.2, -0.15) is 0 Å². The van der Waals surface area contributed by atoms with E-state index in [1.54, 1.807) is 0 Å². The van der Waals surface area contributed by atoms with Gasteiger partial charge in [-0.1, -0.05) is 6.07 Å². The molecule has 0 saturated heterocycles. The van der Waals surface area contributed by atoms with Gasteiger partial charge in [0.15, 0.2) is 0 Å². The van der Waals surface area contributed by atoms with Crippen molar-refractivity contribution in [3.63, 3.8) is 0 Å². The summed E-state index contributed by atoms with van der Waals surface area (Å²) in [6.45, 7) is 2.13. The van der Waals surface area contributed by atoms with Gasteiger partial charge in [0.1, 0.15) is 0 Å². The van der Waals surface area contributed by atoms with Crippen LogP contribution in [0.3, 0.4) is 0 Å². The third kappa shape index (κ3) is 0.803. The lowest BCUT2D eigenvalue weighted by Crippen LogP contribution is -1.87. The first kappa shape index (κ1) is 7.68. The van der Waals surface area contributed by atoms with Crippen molar-refractivity contribution in [3.05, 3.63) is 42.2 Å². The van der Waals surface area contributed by atoms with Gasteiger partial charge in [-0.25, -0.2) is 0 Å². The molecule has 70 valence electrons. The van der Waals surface area contributed by atoms with Crippen LogP contribution < -0.4 is 0 Å². The van der Waals surface area contributed by atoms with Gasteiger partial charge in [-0.3, -0.25) is 0 Å². The van der Waals surface area contributed by atoms with Crippen molar-refractivity contribution in [2.75, 3.05) is 0 Å². The number of nitrogens with zero attached hydrogens (tertiary/aromatic N) is 2. The van der Waals surface area contributed by atoms with Gasteiger partial charge in [0.25, 0.3) is 0 Å². The van der Waals surface area contributed by atoms with Gasteiger partial charge < -0.3 is 8.97 Å². The Morgan fingerprint density at radius 3 is 2.79 bits per heavy atom. The van der Waals surface area contributed by atoms with Crippen molar-refractivity contribution in [1.29, 1.82) is 0 Å². The van der Waals surface area contributed by atoms with Gasteiger partial charge in [0.05, 0.1) is 11.0 Å². The second-order valence-electron chi connectivity index (χ2n) is 3.76. The molecule has 0 atom stereocenters. The summed E-state index contributed by atoms with van der Waals surface area (Å²) in [6.07, 6.45) is 2.11. The largest absolute Gasteiger partial charge is 0.347 e. The highest BCUT2D eigenvalue weighted by atomic mass is 15.0. The molecule has 14 heavy (non-hydrogen) atoms. The predicted molar refractivity (Wildman–Crippen MR) is 58.6 cm³/mol. The van der Waals surface area contributed by atoms with Crippen molar-refractivity contribution in [2.24, 2.45) is 7.05 Å². The van der Waals surface area contributed by atoms with Crippen LogP contribution in [0, 0.1) is 6.92 Å². The molecule has 0 unspecified atom stereocenters. The first-order valence-corrected chi connectivity index (χ1v) is 4.79. The van der Waals surface area contributed by atoms with E-state index < -0.39 is 0 Å². The standard InChI is InChI=1S/C12H12N2/c1-9-7-12-11(13(9)2)8-10-5-3-4-6-14(10)12/h3-8H,1-2H3. The average molecular weight is 184 g/mol. The monoisotopic (exact) mass is 184 g/mol. The number of pyridine rings is 1. The molecular weight excluding hydrogens is 172 g/mol. The summed E-state index contributed by atoms with van der Waals surface area (Å²) in [6, 6.07) is 10.7. The van der Waals surface area contributed by atoms with Gasteiger partial charge in [0.2, 0.25) is 0 Å². The van der Waals surface area contributed by atoms with Crippen LogP contribution in [0.2, 0.25) is 0 Å². The van der Waals surface area contributed by atoms with Crippen LogP contribution in [-0.4, -0.2) is 8.97 Å². The van der Waals surface area contributed by atoms with Crippen LogP contribution in [0.1, 0.15) is 5.69 Å². The topological polar surface area (TPSA) is 9.34 Å². The van der Waals surface area contributed by atoms with Gasteiger partial charge in [-0.15, -0.1) is 0 Å². The molecule has 0 aliphatic carbocycles. The first-order valence-electron chi connectivity index (χ1n) is 4.79. The average Bonchev–Trinajstić information content (AvgIpc) is 2.67. The van der Waals surface area contributed by atoms with Gasteiger partial charge >= 0.3 is 0 Å². The zero-order valence-electron chi connectivity index (χ0n) is 8.36. The van der Waals surface area contributed by atoms with Gasteiger partial charge in [-0.05, 0) is 31.2 Å². The molecule has 0 radical (unpaired) electrons. The Morgan fingerprint density at radius 1 is 1.07 bits per heavy atom. The van der Waals surface area contributed by atoms with Crippen LogP contribution in [-0.2, 0) is 7.05 Å². The van der Waals surface area contributed by atoms with E-state index >= 15 is 0 Å². The van der Waals surface area contributed by atoms with Crippen molar-refractivity contribution in [3.8, 4) is 0 Å². The summed E-state index contributed by atoms with van der Waals surface area (Å²) in [4.78, 5) is 0. The molecule has 2 heteroatoms. The Morgan fingerprint density at radius 2 is 1.93 bits per heavy atom. The molecule has 0 aromatic carbocycles. The summed E-state index contributed by atoms with van der Waals surface area (Å²) in [5.41, 5.74) is 5.15. The molecule has 3 heterocycles. The quantitative estimate of drug-likeness (QED) is 0.508. The minimum absolute atomic E-state index is 1.26. The highest BCUT2D eigenvalue weighted by Gasteiger charge is 2.06. The van der Waals surface area contributed by atoms with Crippen molar-refractivity contribution < 1.29 is 0 Å². The third-order valence-electron chi connectivity index (χ3n) is 2.93. The summed E-state index contributed by atoms with van der Waals surface area (Å²) in [5, 5.41) is 0. The molecule has 0 aliphatic rings. The first-order chi connectivity index (χ1) is 6.77. The normalized spacial score (nSPS) is 11.6. The lowest BCUT2D eigenvalue weighted by Gasteiger charge is -1.94. The summed E-state index contributed by atoms with van der Waals surface area (Å²) in [5.74, 6) is 0. The summed E-state index contributed by atoms with van der Waals surface area (Å²) >= 11 is 0. The molecule has 0 bridgehead atoms. The molecule has 0 fully saturated rings. The molecule has 0 amide bonds. The molecule has 2 nitrogen and oxygen atoms in total. The highest BCUT2D eigenvalue weighted by molar-refractivity contribution is 5.85. The molecule has 3 aromatic rings. The number of fused-ring (bicyclic) bond motifs is 3. The second-order valence-corrected chi connectivity index (χ2v) is 3.76. The highest BCUT2D eigenvalue weighted by Crippen LogP contribution is 2.22. The maximum absolute atomic E-state index is 2.22. The molecule has 3 aromatic heterocycles. The molecule has 0 spiro atoms. The van der Waals surface area contributed by atoms with Crippen molar-refractivity contribution in [2.45, 2.75) is 6.92 Å². The van der Waals surface area contributed by atoms with E-state index in [1.807, 2.05) is 0 Å². The molecular formula is C12H12N2. The fourth-order valence-corrected chi connectivity index (χ4v) is 2.03.